The number of carbonyl (C=O) groups excluding carboxylic acids is 2. The van der Waals surface area contributed by atoms with E-state index in [1.54, 1.807) is 6.26 Å². The highest BCUT2D eigenvalue weighted by atomic mass is 16.7. The zero-order valence-corrected chi connectivity index (χ0v) is 18.2. The van der Waals surface area contributed by atoms with Gasteiger partial charge in [0.25, 0.3) is 0 Å². The number of carbonyl (C=O) groups is 2. The maximum Gasteiger partial charge on any atom is 0.231 e. The third kappa shape index (κ3) is 4.72. The minimum absolute atomic E-state index is 0.0221. The first kappa shape index (κ1) is 21.1. The molecule has 2 amide bonds. The van der Waals surface area contributed by atoms with E-state index in [4.69, 9.17) is 13.9 Å². The zero-order valence-electron chi connectivity index (χ0n) is 18.2. The van der Waals surface area contributed by atoms with Crippen LogP contribution in [0, 0.1) is 0 Å². The maximum absolute atomic E-state index is 13.0. The Kier molecular flexibility index (Phi) is 5.77. The molecule has 5 rings (SSSR count). The molecule has 170 valence electrons. The fraction of sp³-hybridized carbons (Fsp3) is 0.308. The molecule has 0 bridgehead atoms. The van der Waals surface area contributed by atoms with Gasteiger partial charge in [-0.1, -0.05) is 36.4 Å². The van der Waals surface area contributed by atoms with Crippen LogP contribution in [0.2, 0.25) is 0 Å². The van der Waals surface area contributed by atoms with E-state index in [9.17, 15) is 9.59 Å². The topological polar surface area (TPSA) is 89.8 Å². The van der Waals surface area contributed by atoms with Crippen LogP contribution >= 0.6 is 0 Å². The van der Waals surface area contributed by atoms with Crippen molar-refractivity contribution in [2.45, 2.75) is 43.7 Å². The third-order valence-electron chi connectivity index (χ3n) is 6.31. The molecule has 0 aliphatic carbocycles. The van der Waals surface area contributed by atoms with Crippen LogP contribution in [0.4, 0.5) is 0 Å². The Labute approximate surface area is 192 Å². The van der Waals surface area contributed by atoms with Gasteiger partial charge in [-0.05, 0) is 54.7 Å². The van der Waals surface area contributed by atoms with E-state index < -0.39 is 5.54 Å². The number of fused-ring (bicyclic) bond motifs is 1. The minimum atomic E-state index is -0.463. The Morgan fingerprint density at radius 1 is 1.06 bits per heavy atom. The number of furan rings is 1. The Morgan fingerprint density at radius 2 is 1.91 bits per heavy atom. The first-order valence-electron chi connectivity index (χ1n) is 11.2. The van der Waals surface area contributed by atoms with Crippen LogP contribution in [-0.4, -0.2) is 24.1 Å². The number of nitrogens with one attached hydrogen (secondary N) is 2. The summed E-state index contributed by atoms with van der Waals surface area (Å²) >= 11 is 0. The molecular weight excluding hydrogens is 420 g/mol. The van der Waals surface area contributed by atoms with Gasteiger partial charge in [0.2, 0.25) is 18.6 Å². The van der Waals surface area contributed by atoms with Crippen LogP contribution in [0.5, 0.6) is 11.5 Å². The van der Waals surface area contributed by atoms with Crippen LogP contribution in [0.1, 0.15) is 48.6 Å². The fourth-order valence-electron chi connectivity index (χ4n) is 4.63. The Balaban J connectivity index is 1.28. The van der Waals surface area contributed by atoms with Gasteiger partial charge in [-0.25, -0.2) is 0 Å². The summed E-state index contributed by atoms with van der Waals surface area (Å²) in [6.45, 7) is 0.221. The number of amides is 2. The van der Waals surface area contributed by atoms with E-state index >= 15 is 0 Å². The van der Waals surface area contributed by atoms with Crippen LogP contribution in [0.3, 0.4) is 0 Å². The number of hydrogen-bond donors (Lipinski definition) is 2. The van der Waals surface area contributed by atoms with Gasteiger partial charge < -0.3 is 24.5 Å². The van der Waals surface area contributed by atoms with Gasteiger partial charge in [-0.15, -0.1) is 0 Å². The lowest BCUT2D eigenvalue weighted by Gasteiger charge is -2.30. The molecule has 0 saturated carbocycles. The van der Waals surface area contributed by atoms with Crippen LogP contribution < -0.4 is 20.1 Å². The summed E-state index contributed by atoms with van der Waals surface area (Å²) in [5.41, 5.74) is 1.53. The highest BCUT2D eigenvalue weighted by Gasteiger charge is 2.38. The van der Waals surface area contributed by atoms with E-state index in [0.717, 1.165) is 16.9 Å². The van der Waals surface area contributed by atoms with Crippen molar-refractivity contribution in [3.05, 3.63) is 83.8 Å². The highest BCUT2D eigenvalue weighted by Crippen LogP contribution is 2.36. The predicted octanol–water partition coefficient (Wildman–Crippen LogP) is 3.89. The molecule has 0 spiro atoms. The van der Waals surface area contributed by atoms with E-state index in [1.165, 1.54) is 0 Å². The molecule has 2 atom stereocenters. The lowest BCUT2D eigenvalue weighted by molar-refractivity contribution is -0.123. The summed E-state index contributed by atoms with van der Waals surface area (Å²) in [7, 11) is 0. The fourth-order valence-corrected chi connectivity index (χ4v) is 4.63. The molecule has 3 heterocycles. The molecule has 33 heavy (non-hydrogen) atoms. The average molecular weight is 447 g/mol. The van der Waals surface area contributed by atoms with Gasteiger partial charge in [0.1, 0.15) is 11.8 Å². The van der Waals surface area contributed by atoms with Gasteiger partial charge in [-0.3, -0.25) is 9.59 Å². The Morgan fingerprint density at radius 3 is 2.67 bits per heavy atom. The molecule has 2 aliphatic rings. The highest BCUT2D eigenvalue weighted by molar-refractivity contribution is 5.80. The first-order chi connectivity index (χ1) is 16.1. The van der Waals surface area contributed by atoms with Gasteiger partial charge in [0, 0.05) is 18.4 Å². The van der Waals surface area contributed by atoms with Crippen molar-refractivity contribution in [3.63, 3.8) is 0 Å². The van der Waals surface area contributed by atoms with Crippen molar-refractivity contribution in [1.29, 1.82) is 0 Å². The number of benzene rings is 2. The zero-order chi connectivity index (χ0) is 22.7. The Hall–Kier alpha value is -3.74. The van der Waals surface area contributed by atoms with Crippen molar-refractivity contribution in [2.75, 3.05) is 6.79 Å². The van der Waals surface area contributed by atoms with Crippen LogP contribution in [-0.2, 0) is 16.0 Å². The smallest absolute Gasteiger partial charge is 0.231 e. The number of rotatable bonds is 8. The summed E-state index contributed by atoms with van der Waals surface area (Å²) in [5.74, 6) is 2.06. The van der Waals surface area contributed by atoms with Crippen molar-refractivity contribution in [3.8, 4) is 11.5 Å². The molecular formula is C26H26N2O5. The van der Waals surface area contributed by atoms with E-state index in [2.05, 4.69) is 10.6 Å². The summed E-state index contributed by atoms with van der Waals surface area (Å²) in [6, 6.07) is 18.9. The second-order valence-corrected chi connectivity index (χ2v) is 8.62. The molecule has 2 aromatic carbocycles. The second kappa shape index (κ2) is 9.02. The van der Waals surface area contributed by atoms with Crippen LogP contribution in [0.15, 0.2) is 71.3 Å². The van der Waals surface area contributed by atoms with E-state index in [0.29, 0.717) is 37.2 Å². The molecule has 1 saturated heterocycles. The van der Waals surface area contributed by atoms with E-state index in [-0.39, 0.29) is 31.1 Å². The number of hydrogen-bond acceptors (Lipinski definition) is 5. The van der Waals surface area contributed by atoms with Crippen molar-refractivity contribution in [2.24, 2.45) is 0 Å². The SMILES string of the molecule is O=C(CCC1(Cc2ccc3c(c2)OCO3)CCC(=O)N1)NC(c1ccccc1)c1ccco1. The average Bonchev–Trinajstić information content (AvgIpc) is 3.58. The molecule has 2 aliphatic heterocycles. The van der Waals surface area contributed by atoms with Gasteiger partial charge in [0.15, 0.2) is 11.5 Å². The molecule has 7 nitrogen and oxygen atoms in total. The van der Waals surface area contributed by atoms with Gasteiger partial charge in [0.05, 0.1) is 6.26 Å². The first-order valence-corrected chi connectivity index (χ1v) is 11.2. The maximum atomic E-state index is 13.0. The van der Waals surface area contributed by atoms with Crippen molar-refractivity contribution in [1.82, 2.24) is 10.6 Å². The van der Waals surface area contributed by atoms with Crippen molar-refractivity contribution < 1.29 is 23.5 Å². The quantitative estimate of drug-likeness (QED) is 0.548. The molecule has 2 unspecified atom stereocenters. The summed E-state index contributed by atoms with van der Waals surface area (Å²) < 4.78 is 16.5. The standard InChI is InChI=1S/C26H26N2O5/c29-23(27-25(21-7-4-14-31-21)19-5-2-1-3-6-19)10-12-26(13-11-24(30)28-26)16-18-8-9-20-22(15-18)33-17-32-20/h1-9,14-15,25H,10-13,16-17H2,(H,27,29)(H,28,30). The summed E-state index contributed by atoms with van der Waals surface area (Å²) in [5, 5.41) is 6.25. The molecule has 1 aromatic heterocycles. The monoisotopic (exact) mass is 446 g/mol. The second-order valence-electron chi connectivity index (χ2n) is 8.62. The third-order valence-corrected chi connectivity index (χ3v) is 6.31. The largest absolute Gasteiger partial charge is 0.467 e. The predicted molar refractivity (Wildman–Crippen MR) is 121 cm³/mol. The Bertz CT molecular complexity index is 1130. The minimum Gasteiger partial charge on any atom is -0.467 e. The summed E-state index contributed by atoms with van der Waals surface area (Å²) in [4.78, 5) is 25.1. The number of ether oxygens (including phenoxy) is 2. The lowest BCUT2D eigenvalue weighted by Crippen LogP contribution is -2.44. The summed E-state index contributed by atoms with van der Waals surface area (Å²) in [6.07, 6.45) is 4.21. The normalized spacial score (nSPS) is 19.8. The van der Waals surface area contributed by atoms with Crippen LogP contribution in [0.25, 0.3) is 0 Å². The molecule has 0 radical (unpaired) electrons. The van der Waals surface area contributed by atoms with Crippen molar-refractivity contribution >= 4 is 11.8 Å². The van der Waals surface area contributed by atoms with E-state index in [1.807, 2.05) is 60.7 Å². The molecule has 7 heteroatoms. The van der Waals surface area contributed by atoms with Gasteiger partial charge in [-0.2, -0.15) is 0 Å². The molecule has 1 fully saturated rings. The lowest BCUT2D eigenvalue weighted by atomic mass is 9.84. The molecule has 2 N–H and O–H groups in total. The van der Waals surface area contributed by atoms with Gasteiger partial charge >= 0.3 is 0 Å². The molecule has 3 aromatic rings.